The van der Waals surface area contributed by atoms with Crippen LogP contribution in [0.1, 0.15) is 33.6 Å². The van der Waals surface area contributed by atoms with Crippen LogP contribution in [-0.2, 0) is 0 Å². The van der Waals surface area contributed by atoms with Crippen molar-refractivity contribution in [3.05, 3.63) is 0 Å². The van der Waals surface area contributed by atoms with Crippen LogP contribution in [0.5, 0.6) is 0 Å². The van der Waals surface area contributed by atoms with Crippen LogP contribution < -0.4 is 5.73 Å². The van der Waals surface area contributed by atoms with Crippen molar-refractivity contribution in [2.75, 3.05) is 13.6 Å². The first-order chi connectivity index (χ1) is 6.22. The molecule has 3 N–H and O–H groups in total. The fraction of sp³-hybridized carbons (Fsp3) is 0.900. The first kappa shape index (κ1) is 13.2. The van der Waals surface area contributed by atoms with Crippen molar-refractivity contribution in [2.45, 2.75) is 39.7 Å². The van der Waals surface area contributed by atoms with Crippen LogP contribution in [0.25, 0.3) is 0 Å². The molecule has 0 aromatic carbocycles. The lowest BCUT2D eigenvalue weighted by Gasteiger charge is -2.23. The maximum absolute atomic E-state index is 10.5. The molecule has 0 aromatic rings. The van der Waals surface area contributed by atoms with Crippen molar-refractivity contribution < 1.29 is 9.90 Å². The van der Waals surface area contributed by atoms with Crippen molar-refractivity contribution in [2.24, 2.45) is 11.1 Å². The molecule has 1 amide bonds. The Kier molecular flexibility index (Phi) is 4.91. The minimum Gasteiger partial charge on any atom is -0.465 e. The van der Waals surface area contributed by atoms with Gasteiger partial charge in [-0.2, -0.15) is 0 Å². The molecule has 84 valence electrons. The van der Waals surface area contributed by atoms with Gasteiger partial charge in [0.25, 0.3) is 0 Å². The molecule has 0 fully saturated rings. The molecule has 0 aliphatic carbocycles. The van der Waals surface area contributed by atoms with E-state index in [0.717, 1.165) is 12.8 Å². The molecular formula is C10H22N2O2. The Morgan fingerprint density at radius 2 is 2.00 bits per heavy atom. The van der Waals surface area contributed by atoms with Gasteiger partial charge in [0.15, 0.2) is 0 Å². The van der Waals surface area contributed by atoms with Crippen LogP contribution in [0.4, 0.5) is 4.79 Å². The van der Waals surface area contributed by atoms with E-state index in [9.17, 15) is 4.79 Å². The number of hydrogen-bond donors (Lipinski definition) is 2. The van der Waals surface area contributed by atoms with Gasteiger partial charge in [-0.15, -0.1) is 0 Å². The Bertz CT molecular complexity index is 187. The second-order valence-corrected chi connectivity index (χ2v) is 5.02. The van der Waals surface area contributed by atoms with E-state index in [-0.39, 0.29) is 11.5 Å². The van der Waals surface area contributed by atoms with E-state index in [1.165, 1.54) is 4.90 Å². The summed E-state index contributed by atoms with van der Waals surface area (Å²) in [5.41, 5.74) is 6.08. The Morgan fingerprint density at radius 1 is 1.50 bits per heavy atom. The number of carbonyl (C=O) groups is 1. The molecule has 1 atom stereocenters. The van der Waals surface area contributed by atoms with Crippen LogP contribution >= 0.6 is 0 Å². The largest absolute Gasteiger partial charge is 0.465 e. The van der Waals surface area contributed by atoms with Gasteiger partial charge >= 0.3 is 6.09 Å². The van der Waals surface area contributed by atoms with Crippen LogP contribution in [-0.4, -0.2) is 35.7 Å². The van der Waals surface area contributed by atoms with Gasteiger partial charge in [-0.1, -0.05) is 20.8 Å². The van der Waals surface area contributed by atoms with E-state index in [4.69, 9.17) is 10.8 Å². The van der Waals surface area contributed by atoms with E-state index in [1.54, 1.807) is 7.05 Å². The smallest absolute Gasteiger partial charge is 0.407 e. The van der Waals surface area contributed by atoms with Crippen LogP contribution in [0, 0.1) is 5.41 Å². The van der Waals surface area contributed by atoms with E-state index in [1.807, 2.05) is 0 Å². The standard InChI is InChI=1S/C10H22N2O2/c1-10(2,3)6-5-8(11)7-12(4)9(13)14/h8H,5-7,11H2,1-4H3,(H,13,14). The Hall–Kier alpha value is -0.770. The van der Waals surface area contributed by atoms with Crippen LogP contribution in [0.15, 0.2) is 0 Å². The van der Waals surface area contributed by atoms with Gasteiger partial charge in [-0.05, 0) is 18.3 Å². The summed E-state index contributed by atoms with van der Waals surface area (Å²) in [7, 11) is 1.54. The topological polar surface area (TPSA) is 66.6 Å². The molecule has 4 nitrogen and oxygen atoms in total. The van der Waals surface area contributed by atoms with Gasteiger partial charge in [-0.3, -0.25) is 0 Å². The average Bonchev–Trinajstić information content (AvgIpc) is 1.99. The third kappa shape index (κ3) is 6.71. The molecule has 0 aromatic heterocycles. The minimum absolute atomic E-state index is 0.0599. The van der Waals surface area contributed by atoms with Gasteiger partial charge in [0.05, 0.1) is 0 Å². The number of likely N-dealkylation sites (N-methyl/N-ethyl adjacent to an activating group) is 1. The highest BCUT2D eigenvalue weighted by Gasteiger charge is 2.15. The summed E-state index contributed by atoms with van der Waals surface area (Å²) in [4.78, 5) is 11.7. The molecule has 0 radical (unpaired) electrons. The van der Waals surface area contributed by atoms with Gasteiger partial charge in [0.2, 0.25) is 0 Å². The fourth-order valence-electron chi connectivity index (χ4n) is 1.14. The predicted molar refractivity (Wildman–Crippen MR) is 57.3 cm³/mol. The van der Waals surface area contributed by atoms with Crippen molar-refractivity contribution in [3.8, 4) is 0 Å². The van der Waals surface area contributed by atoms with E-state index < -0.39 is 6.09 Å². The first-order valence-electron chi connectivity index (χ1n) is 4.92. The summed E-state index contributed by atoms with van der Waals surface area (Å²) < 4.78 is 0. The average molecular weight is 202 g/mol. The second kappa shape index (κ2) is 5.20. The van der Waals surface area contributed by atoms with E-state index in [0.29, 0.717) is 6.54 Å². The number of nitrogens with zero attached hydrogens (tertiary/aromatic N) is 1. The summed E-state index contributed by atoms with van der Waals surface area (Å²) >= 11 is 0. The lowest BCUT2D eigenvalue weighted by Crippen LogP contribution is -2.38. The number of carboxylic acid groups (broad SMARTS) is 1. The SMILES string of the molecule is CN(CC(N)CCC(C)(C)C)C(=O)O. The molecule has 4 heteroatoms. The van der Waals surface area contributed by atoms with Gasteiger partial charge < -0.3 is 15.7 Å². The zero-order valence-corrected chi connectivity index (χ0v) is 9.58. The summed E-state index contributed by atoms with van der Waals surface area (Å²) in [6.45, 7) is 6.87. The molecule has 0 aliphatic rings. The molecule has 14 heavy (non-hydrogen) atoms. The summed E-state index contributed by atoms with van der Waals surface area (Å²) in [5.74, 6) is 0. The highest BCUT2D eigenvalue weighted by atomic mass is 16.4. The Labute approximate surface area is 86.1 Å². The maximum Gasteiger partial charge on any atom is 0.407 e. The molecule has 0 saturated carbocycles. The first-order valence-corrected chi connectivity index (χ1v) is 4.92. The number of nitrogens with two attached hydrogens (primary N) is 1. The summed E-state index contributed by atoms with van der Waals surface area (Å²) in [6.07, 6.45) is 0.958. The van der Waals surface area contributed by atoms with E-state index in [2.05, 4.69) is 20.8 Å². The summed E-state index contributed by atoms with van der Waals surface area (Å²) in [5, 5.41) is 8.63. The number of rotatable bonds is 4. The van der Waals surface area contributed by atoms with Gasteiger partial charge in [0, 0.05) is 19.6 Å². The third-order valence-electron chi connectivity index (χ3n) is 2.10. The highest BCUT2D eigenvalue weighted by Crippen LogP contribution is 2.21. The molecule has 0 bridgehead atoms. The second-order valence-electron chi connectivity index (χ2n) is 5.02. The molecule has 0 spiro atoms. The van der Waals surface area contributed by atoms with Crippen molar-refractivity contribution in [1.82, 2.24) is 4.90 Å². The quantitative estimate of drug-likeness (QED) is 0.729. The van der Waals surface area contributed by atoms with Crippen LogP contribution in [0.2, 0.25) is 0 Å². The van der Waals surface area contributed by atoms with Crippen molar-refractivity contribution >= 4 is 6.09 Å². The Balaban J connectivity index is 3.76. The lowest BCUT2D eigenvalue weighted by molar-refractivity contribution is 0.152. The van der Waals surface area contributed by atoms with Gasteiger partial charge in [-0.25, -0.2) is 4.79 Å². The summed E-state index contributed by atoms with van der Waals surface area (Å²) in [6, 6.07) is -0.0599. The minimum atomic E-state index is -0.920. The molecule has 0 rings (SSSR count). The van der Waals surface area contributed by atoms with Crippen molar-refractivity contribution in [3.63, 3.8) is 0 Å². The molecule has 0 saturated heterocycles. The third-order valence-corrected chi connectivity index (χ3v) is 2.10. The maximum atomic E-state index is 10.5. The lowest BCUT2D eigenvalue weighted by atomic mass is 9.89. The zero-order valence-electron chi connectivity index (χ0n) is 9.58. The Morgan fingerprint density at radius 3 is 2.36 bits per heavy atom. The predicted octanol–water partition coefficient (Wildman–Crippen LogP) is 1.75. The number of amides is 1. The monoisotopic (exact) mass is 202 g/mol. The van der Waals surface area contributed by atoms with Crippen molar-refractivity contribution in [1.29, 1.82) is 0 Å². The zero-order chi connectivity index (χ0) is 11.4. The fourth-order valence-corrected chi connectivity index (χ4v) is 1.14. The number of hydrogen-bond acceptors (Lipinski definition) is 2. The van der Waals surface area contributed by atoms with E-state index >= 15 is 0 Å². The molecule has 0 heterocycles. The molecular weight excluding hydrogens is 180 g/mol. The molecule has 0 aliphatic heterocycles. The van der Waals surface area contributed by atoms with Gasteiger partial charge in [0.1, 0.15) is 0 Å². The molecule has 1 unspecified atom stereocenters. The van der Waals surface area contributed by atoms with Crippen LogP contribution in [0.3, 0.4) is 0 Å². The normalized spacial score (nSPS) is 13.8. The highest BCUT2D eigenvalue weighted by molar-refractivity contribution is 5.64.